The molecule has 0 aliphatic heterocycles. The first-order valence-electron chi connectivity index (χ1n) is 7.61. The van der Waals surface area contributed by atoms with E-state index in [9.17, 15) is 14.7 Å². The van der Waals surface area contributed by atoms with E-state index in [0.29, 0.717) is 17.9 Å². The lowest BCUT2D eigenvalue weighted by atomic mass is 10.0. The van der Waals surface area contributed by atoms with Crippen LogP contribution in [0.3, 0.4) is 0 Å². The molecule has 2 rings (SSSR count). The molecule has 7 heteroatoms. The number of pyridine rings is 1. The van der Waals surface area contributed by atoms with Crippen molar-refractivity contribution in [1.82, 2.24) is 10.3 Å². The second kappa shape index (κ2) is 8.25. The van der Waals surface area contributed by atoms with Crippen LogP contribution in [0.1, 0.15) is 22.8 Å². The predicted octanol–water partition coefficient (Wildman–Crippen LogP) is 1.88. The third-order valence-electron chi connectivity index (χ3n) is 3.52. The Morgan fingerprint density at radius 3 is 2.72 bits per heavy atom. The molecule has 1 heterocycles. The number of aromatic nitrogens is 1. The van der Waals surface area contributed by atoms with Crippen LogP contribution >= 0.6 is 0 Å². The Bertz CT molecular complexity index is 735. The predicted molar refractivity (Wildman–Crippen MR) is 90.4 cm³/mol. The molecule has 2 aromatic rings. The first-order chi connectivity index (χ1) is 11.9. The molecule has 0 aliphatic carbocycles. The van der Waals surface area contributed by atoms with Gasteiger partial charge >= 0.3 is 5.97 Å². The third kappa shape index (κ3) is 5.02. The number of carboxylic acids is 1. The molecule has 0 spiro atoms. The number of benzene rings is 1. The van der Waals surface area contributed by atoms with Crippen molar-refractivity contribution in [2.45, 2.75) is 19.1 Å². The number of aliphatic carboxylic acids is 1. The minimum Gasteiger partial charge on any atom is -0.489 e. The molecule has 132 valence electrons. The second-order valence-corrected chi connectivity index (χ2v) is 5.70. The third-order valence-corrected chi connectivity index (χ3v) is 3.52. The van der Waals surface area contributed by atoms with Gasteiger partial charge in [-0.25, -0.2) is 4.79 Å². The van der Waals surface area contributed by atoms with E-state index in [-0.39, 0.29) is 6.61 Å². The van der Waals surface area contributed by atoms with Crippen molar-refractivity contribution >= 4 is 11.9 Å². The highest BCUT2D eigenvalue weighted by molar-refractivity contribution is 5.98. The van der Waals surface area contributed by atoms with Crippen molar-refractivity contribution in [1.29, 1.82) is 0 Å². The van der Waals surface area contributed by atoms with Gasteiger partial charge in [0, 0.05) is 30.6 Å². The van der Waals surface area contributed by atoms with Crippen molar-refractivity contribution in [2.24, 2.45) is 0 Å². The Morgan fingerprint density at radius 1 is 1.28 bits per heavy atom. The standard InChI is InChI=1S/C18H20N2O5/c1-18(12-24-2,17(22)23)20-16(21)14-6-3-7-15(9-14)25-11-13-5-4-8-19-10-13/h3-10H,11-12H2,1-2H3,(H,20,21)(H,22,23). The monoisotopic (exact) mass is 344 g/mol. The zero-order valence-electron chi connectivity index (χ0n) is 14.1. The Morgan fingerprint density at radius 2 is 2.08 bits per heavy atom. The van der Waals surface area contributed by atoms with E-state index >= 15 is 0 Å². The minimum atomic E-state index is -1.52. The Balaban J connectivity index is 2.06. The van der Waals surface area contributed by atoms with Crippen LogP contribution in [-0.2, 0) is 16.1 Å². The molecule has 25 heavy (non-hydrogen) atoms. The van der Waals surface area contributed by atoms with Gasteiger partial charge in [-0.2, -0.15) is 0 Å². The maximum absolute atomic E-state index is 12.4. The molecule has 1 aromatic heterocycles. The van der Waals surface area contributed by atoms with Gasteiger partial charge in [-0.15, -0.1) is 0 Å². The van der Waals surface area contributed by atoms with Crippen LogP contribution in [0.25, 0.3) is 0 Å². The highest BCUT2D eigenvalue weighted by atomic mass is 16.5. The lowest BCUT2D eigenvalue weighted by Gasteiger charge is -2.25. The van der Waals surface area contributed by atoms with E-state index in [1.165, 1.54) is 14.0 Å². The number of carbonyl (C=O) groups is 2. The smallest absolute Gasteiger partial charge is 0.331 e. The summed E-state index contributed by atoms with van der Waals surface area (Å²) in [5.74, 6) is -1.19. The lowest BCUT2D eigenvalue weighted by Crippen LogP contribution is -2.55. The summed E-state index contributed by atoms with van der Waals surface area (Å²) < 4.78 is 10.5. The van der Waals surface area contributed by atoms with Gasteiger partial charge in [0.05, 0.1) is 6.61 Å². The maximum Gasteiger partial charge on any atom is 0.331 e. The SMILES string of the molecule is COCC(C)(NC(=O)c1cccc(OCc2cccnc2)c1)C(=O)O. The number of methoxy groups -OCH3 is 1. The summed E-state index contributed by atoms with van der Waals surface area (Å²) in [5.41, 5.74) is -0.318. The van der Waals surface area contributed by atoms with E-state index in [4.69, 9.17) is 9.47 Å². The fraction of sp³-hybridized carbons (Fsp3) is 0.278. The summed E-state index contributed by atoms with van der Waals surface area (Å²) in [5, 5.41) is 11.8. The van der Waals surface area contributed by atoms with Crippen LogP contribution < -0.4 is 10.1 Å². The average molecular weight is 344 g/mol. The topological polar surface area (TPSA) is 97.8 Å². The van der Waals surface area contributed by atoms with Gasteiger partial charge in [-0.1, -0.05) is 12.1 Å². The van der Waals surface area contributed by atoms with Gasteiger partial charge < -0.3 is 19.9 Å². The van der Waals surface area contributed by atoms with E-state index in [2.05, 4.69) is 10.3 Å². The number of carbonyl (C=O) groups excluding carboxylic acids is 1. The molecule has 0 radical (unpaired) electrons. The van der Waals surface area contributed by atoms with Crippen LogP contribution in [0.5, 0.6) is 5.75 Å². The average Bonchev–Trinajstić information content (AvgIpc) is 2.61. The Kier molecular flexibility index (Phi) is 6.08. The van der Waals surface area contributed by atoms with E-state index in [1.807, 2.05) is 12.1 Å². The van der Waals surface area contributed by atoms with E-state index in [1.54, 1.807) is 36.7 Å². The van der Waals surface area contributed by atoms with Crippen molar-refractivity contribution in [3.63, 3.8) is 0 Å². The summed E-state index contributed by atoms with van der Waals surface area (Å²) in [6.45, 7) is 1.56. The van der Waals surface area contributed by atoms with Crippen molar-refractivity contribution < 1.29 is 24.2 Å². The fourth-order valence-electron chi connectivity index (χ4n) is 2.14. The summed E-state index contributed by atoms with van der Waals surface area (Å²) >= 11 is 0. The molecule has 1 unspecified atom stereocenters. The molecule has 1 atom stereocenters. The normalized spacial score (nSPS) is 12.9. The Hall–Kier alpha value is -2.93. The van der Waals surface area contributed by atoms with Crippen molar-refractivity contribution in [3.8, 4) is 5.75 Å². The summed E-state index contributed by atoms with van der Waals surface area (Å²) in [6.07, 6.45) is 3.37. The van der Waals surface area contributed by atoms with E-state index < -0.39 is 17.4 Å². The molecule has 7 nitrogen and oxygen atoms in total. The molecule has 0 fully saturated rings. The number of rotatable bonds is 8. The zero-order valence-corrected chi connectivity index (χ0v) is 14.1. The van der Waals surface area contributed by atoms with Crippen LogP contribution in [0, 0.1) is 0 Å². The van der Waals surface area contributed by atoms with Gasteiger partial charge in [0.1, 0.15) is 12.4 Å². The summed E-state index contributed by atoms with van der Waals surface area (Å²) in [6, 6.07) is 10.2. The zero-order chi connectivity index (χ0) is 18.3. The number of hydrogen-bond acceptors (Lipinski definition) is 5. The molecule has 2 N–H and O–H groups in total. The van der Waals surface area contributed by atoms with Crippen LogP contribution in [0.4, 0.5) is 0 Å². The molecule has 0 bridgehead atoms. The number of amides is 1. The summed E-state index contributed by atoms with van der Waals surface area (Å²) in [4.78, 5) is 27.8. The van der Waals surface area contributed by atoms with E-state index in [0.717, 1.165) is 5.56 Å². The molecular weight excluding hydrogens is 324 g/mol. The van der Waals surface area contributed by atoms with Gasteiger partial charge in [0.15, 0.2) is 5.54 Å². The molecular formula is C18H20N2O5. The fourth-order valence-corrected chi connectivity index (χ4v) is 2.14. The molecule has 0 saturated carbocycles. The lowest BCUT2D eigenvalue weighted by molar-refractivity contribution is -0.145. The molecule has 0 aliphatic rings. The van der Waals surface area contributed by atoms with Gasteiger partial charge in [0.25, 0.3) is 5.91 Å². The first kappa shape index (κ1) is 18.4. The summed E-state index contributed by atoms with van der Waals surface area (Å²) in [7, 11) is 1.38. The van der Waals surface area contributed by atoms with Gasteiger partial charge in [-0.3, -0.25) is 9.78 Å². The van der Waals surface area contributed by atoms with Crippen molar-refractivity contribution in [2.75, 3.05) is 13.7 Å². The van der Waals surface area contributed by atoms with Crippen LogP contribution in [0.2, 0.25) is 0 Å². The quantitative estimate of drug-likeness (QED) is 0.759. The molecule has 0 saturated heterocycles. The second-order valence-electron chi connectivity index (χ2n) is 5.70. The minimum absolute atomic E-state index is 0.148. The largest absolute Gasteiger partial charge is 0.489 e. The van der Waals surface area contributed by atoms with Gasteiger partial charge in [0.2, 0.25) is 0 Å². The number of carboxylic acid groups (broad SMARTS) is 1. The molecule has 1 amide bonds. The van der Waals surface area contributed by atoms with Gasteiger partial charge in [-0.05, 0) is 31.2 Å². The van der Waals surface area contributed by atoms with Crippen LogP contribution in [-0.4, -0.2) is 41.2 Å². The Labute approximate surface area is 145 Å². The molecule has 1 aromatic carbocycles. The maximum atomic E-state index is 12.4. The number of ether oxygens (including phenoxy) is 2. The van der Waals surface area contributed by atoms with Crippen molar-refractivity contribution in [3.05, 3.63) is 59.9 Å². The number of hydrogen-bond donors (Lipinski definition) is 2. The number of nitrogens with zero attached hydrogens (tertiary/aromatic N) is 1. The van der Waals surface area contributed by atoms with Crippen LogP contribution in [0.15, 0.2) is 48.8 Å². The highest BCUT2D eigenvalue weighted by Gasteiger charge is 2.35. The number of nitrogens with one attached hydrogen (secondary N) is 1. The highest BCUT2D eigenvalue weighted by Crippen LogP contribution is 2.16. The first-order valence-corrected chi connectivity index (χ1v) is 7.61.